The molecule has 9 heteroatoms. The molecule has 176 valence electrons. The number of sulfonamides is 1. The first kappa shape index (κ1) is 25.0. The van der Waals surface area contributed by atoms with E-state index < -0.39 is 21.6 Å². The first-order chi connectivity index (χ1) is 15.7. The summed E-state index contributed by atoms with van der Waals surface area (Å²) in [6.07, 6.45) is 2.55. The molecule has 1 aromatic heterocycles. The summed E-state index contributed by atoms with van der Waals surface area (Å²) >= 11 is 6.26. The maximum Gasteiger partial charge on any atom is 0.336 e. The highest BCUT2D eigenvalue weighted by molar-refractivity contribution is 7.89. The Balaban J connectivity index is 1.47. The van der Waals surface area contributed by atoms with E-state index in [4.69, 9.17) is 20.8 Å². The maximum absolute atomic E-state index is 12.2. The van der Waals surface area contributed by atoms with Crippen molar-refractivity contribution in [1.29, 1.82) is 0 Å². The average molecular weight is 492 g/mol. The van der Waals surface area contributed by atoms with E-state index in [2.05, 4.69) is 4.72 Å². The number of rotatable bonds is 10. The quantitative estimate of drug-likeness (QED) is 0.190. The second-order valence-corrected chi connectivity index (χ2v) is 9.89. The molecule has 1 N–H and O–H groups in total. The zero-order chi connectivity index (χ0) is 24.0. The van der Waals surface area contributed by atoms with E-state index in [1.54, 1.807) is 30.3 Å². The Labute approximate surface area is 197 Å². The number of nitrogens with one attached hydrogen (secondary N) is 1. The van der Waals surface area contributed by atoms with Crippen molar-refractivity contribution in [1.82, 2.24) is 4.72 Å². The molecular formula is C24H26ClNO6S. The number of benzene rings is 2. The molecule has 0 aliphatic heterocycles. The molecule has 0 saturated heterocycles. The first-order valence-corrected chi connectivity index (χ1v) is 12.6. The molecule has 2 aromatic carbocycles. The lowest BCUT2D eigenvalue weighted by atomic mass is 10.1. The van der Waals surface area contributed by atoms with Gasteiger partial charge in [0.05, 0.1) is 9.92 Å². The number of unbranched alkanes of at least 4 members (excludes halogenated alkanes) is 2. The number of carbonyl (C=O) groups is 1. The normalized spacial score (nSPS) is 11.6. The van der Waals surface area contributed by atoms with E-state index in [1.807, 2.05) is 13.8 Å². The second-order valence-electron chi connectivity index (χ2n) is 7.72. The molecule has 0 spiro atoms. The van der Waals surface area contributed by atoms with Crippen LogP contribution in [0.4, 0.5) is 0 Å². The van der Waals surface area contributed by atoms with Crippen LogP contribution in [0.1, 0.15) is 43.7 Å². The van der Waals surface area contributed by atoms with Gasteiger partial charge in [0, 0.05) is 30.5 Å². The molecular weight excluding hydrogens is 466 g/mol. The number of hydrogen-bond acceptors (Lipinski definition) is 6. The molecule has 0 bridgehead atoms. The summed E-state index contributed by atoms with van der Waals surface area (Å²) in [4.78, 5) is 24.2. The Bertz CT molecular complexity index is 1300. The lowest BCUT2D eigenvalue weighted by Gasteiger charge is -2.09. The summed E-state index contributed by atoms with van der Waals surface area (Å²) in [6, 6.07) is 11.1. The number of carbonyl (C=O) groups excluding carboxylic acids is 1. The molecule has 0 fully saturated rings. The molecule has 7 nitrogen and oxygen atoms in total. The predicted molar refractivity (Wildman–Crippen MR) is 127 cm³/mol. The number of esters is 1. The van der Waals surface area contributed by atoms with Gasteiger partial charge in [-0.15, -0.1) is 0 Å². The van der Waals surface area contributed by atoms with Gasteiger partial charge in [0.15, 0.2) is 5.75 Å². The van der Waals surface area contributed by atoms with Crippen LogP contribution in [-0.2, 0) is 21.2 Å². The molecule has 0 amide bonds. The average Bonchev–Trinajstić information content (AvgIpc) is 2.76. The molecule has 0 saturated carbocycles. The maximum atomic E-state index is 12.2. The number of fused-ring (bicyclic) bond motifs is 1. The monoisotopic (exact) mass is 491 g/mol. The van der Waals surface area contributed by atoms with Gasteiger partial charge >= 0.3 is 11.6 Å². The Morgan fingerprint density at radius 1 is 1.09 bits per heavy atom. The summed E-state index contributed by atoms with van der Waals surface area (Å²) in [6.45, 7) is 4.09. The van der Waals surface area contributed by atoms with Crippen molar-refractivity contribution in [2.24, 2.45) is 0 Å². The van der Waals surface area contributed by atoms with Crippen molar-refractivity contribution in [3.8, 4) is 5.75 Å². The van der Waals surface area contributed by atoms with E-state index in [1.165, 1.54) is 12.1 Å². The van der Waals surface area contributed by atoms with E-state index in [0.717, 1.165) is 11.1 Å². The highest BCUT2D eigenvalue weighted by Gasteiger charge is 2.14. The summed E-state index contributed by atoms with van der Waals surface area (Å²) in [7, 11) is -3.54. The fraction of sp³-hybridized carbons (Fsp3) is 0.333. The molecule has 33 heavy (non-hydrogen) atoms. The molecule has 3 aromatic rings. The number of halogens is 1. The van der Waals surface area contributed by atoms with Crippen LogP contribution in [-0.4, -0.2) is 20.9 Å². The van der Waals surface area contributed by atoms with Crippen molar-refractivity contribution in [2.75, 3.05) is 6.54 Å². The Morgan fingerprint density at radius 2 is 1.82 bits per heavy atom. The van der Waals surface area contributed by atoms with Gasteiger partial charge < -0.3 is 9.15 Å². The summed E-state index contributed by atoms with van der Waals surface area (Å²) in [5, 5.41) is 0.958. The van der Waals surface area contributed by atoms with Crippen LogP contribution in [0.2, 0.25) is 5.02 Å². The fourth-order valence-electron chi connectivity index (χ4n) is 3.35. The van der Waals surface area contributed by atoms with Crippen LogP contribution >= 0.6 is 11.6 Å². The molecule has 0 atom stereocenters. The Hall–Kier alpha value is -2.68. The van der Waals surface area contributed by atoms with Crippen LogP contribution in [0, 0.1) is 6.92 Å². The van der Waals surface area contributed by atoms with E-state index in [-0.39, 0.29) is 28.6 Å². The van der Waals surface area contributed by atoms with Crippen LogP contribution in [0.3, 0.4) is 0 Å². The number of aryl methyl sites for hydroxylation is 2. The third kappa shape index (κ3) is 6.66. The van der Waals surface area contributed by atoms with Crippen molar-refractivity contribution in [3.05, 3.63) is 69.0 Å². The molecule has 0 aliphatic carbocycles. The van der Waals surface area contributed by atoms with Gasteiger partial charge in [0.2, 0.25) is 10.0 Å². The zero-order valence-electron chi connectivity index (χ0n) is 18.5. The Morgan fingerprint density at radius 3 is 2.52 bits per heavy atom. The van der Waals surface area contributed by atoms with Crippen LogP contribution in [0.25, 0.3) is 11.0 Å². The minimum absolute atomic E-state index is 0.136. The van der Waals surface area contributed by atoms with Gasteiger partial charge in [0.25, 0.3) is 0 Å². The summed E-state index contributed by atoms with van der Waals surface area (Å²) in [5.74, 6) is -0.332. The fourth-order valence-corrected chi connectivity index (χ4v) is 4.63. The largest absolute Gasteiger partial charge is 0.425 e. The van der Waals surface area contributed by atoms with Crippen LogP contribution in [0.5, 0.6) is 5.75 Å². The van der Waals surface area contributed by atoms with Gasteiger partial charge in [-0.3, -0.25) is 4.79 Å². The Kier molecular flexibility index (Phi) is 8.29. The molecule has 3 rings (SSSR count). The van der Waals surface area contributed by atoms with Gasteiger partial charge in [-0.05, 0) is 49.9 Å². The third-order valence-corrected chi connectivity index (χ3v) is 6.94. The van der Waals surface area contributed by atoms with Gasteiger partial charge in [-0.25, -0.2) is 17.9 Å². The van der Waals surface area contributed by atoms with Crippen molar-refractivity contribution >= 4 is 38.6 Å². The van der Waals surface area contributed by atoms with Crippen molar-refractivity contribution < 1.29 is 22.4 Å². The van der Waals surface area contributed by atoms with Crippen LogP contribution < -0.4 is 15.1 Å². The minimum Gasteiger partial charge on any atom is -0.425 e. The summed E-state index contributed by atoms with van der Waals surface area (Å²) < 4.78 is 37.6. The SMILES string of the molecule is CCc1cc(=O)oc2cc(OC(=O)CCCCCNS(=O)(=O)c3ccc(C)cc3)c(Cl)cc12. The lowest BCUT2D eigenvalue weighted by Crippen LogP contribution is -2.24. The predicted octanol–water partition coefficient (Wildman–Crippen LogP) is 4.76. The smallest absolute Gasteiger partial charge is 0.336 e. The molecule has 1 heterocycles. The lowest BCUT2D eigenvalue weighted by molar-refractivity contribution is -0.134. The molecule has 0 unspecified atom stereocenters. The van der Waals surface area contributed by atoms with Crippen molar-refractivity contribution in [2.45, 2.75) is 50.8 Å². The van der Waals surface area contributed by atoms with Crippen molar-refractivity contribution in [3.63, 3.8) is 0 Å². The van der Waals surface area contributed by atoms with Gasteiger partial charge in [-0.1, -0.05) is 42.6 Å². The molecule has 0 radical (unpaired) electrons. The zero-order valence-corrected chi connectivity index (χ0v) is 20.1. The van der Waals surface area contributed by atoms with E-state index in [9.17, 15) is 18.0 Å². The summed E-state index contributed by atoms with van der Waals surface area (Å²) in [5.41, 5.74) is 1.63. The highest BCUT2D eigenvalue weighted by Crippen LogP contribution is 2.31. The van der Waals surface area contributed by atoms with Gasteiger partial charge in [0.1, 0.15) is 5.58 Å². The third-order valence-electron chi connectivity index (χ3n) is 5.17. The second kappa shape index (κ2) is 11.0. The number of ether oxygens (including phenoxy) is 1. The van der Waals surface area contributed by atoms with Gasteiger partial charge in [-0.2, -0.15) is 0 Å². The molecule has 0 aliphatic rings. The number of hydrogen-bond donors (Lipinski definition) is 1. The topological polar surface area (TPSA) is 103 Å². The van der Waals surface area contributed by atoms with E-state index >= 15 is 0 Å². The van der Waals surface area contributed by atoms with E-state index in [0.29, 0.717) is 36.7 Å². The highest BCUT2D eigenvalue weighted by atomic mass is 35.5. The minimum atomic E-state index is -3.54. The van der Waals surface area contributed by atoms with Crippen LogP contribution in [0.15, 0.2) is 56.6 Å². The first-order valence-electron chi connectivity index (χ1n) is 10.7. The standard InChI is InChI=1S/C24H26ClNO6S/c1-3-17-13-24(28)31-21-15-22(20(25)14-19(17)21)32-23(27)7-5-4-6-12-26-33(29,30)18-10-8-16(2)9-11-18/h8-11,13-15,26H,3-7,12H2,1-2H3.